The average molecular weight is 318 g/mol. The molecular weight excluding hydrogens is 292 g/mol. The summed E-state index contributed by atoms with van der Waals surface area (Å²) in [6.07, 6.45) is 4.94. The van der Waals surface area contributed by atoms with Gasteiger partial charge >= 0.3 is 0 Å². The molecule has 0 radical (unpaired) electrons. The Morgan fingerprint density at radius 3 is 2.87 bits per heavy atom. The van der Waals surface area contributed by atoms with E-state index < -0.39 is 0 Å². The van der Waals surface area contributed by atoms with E-state index in [1.807, 2.05) is 13.3 Å². The van der Waals surface area contributed by atoms with Crippen LogP contribution in [-0.4, -0.2) is 42.9 Å². The van der Waals surface area contributed by atoms with Crippen LogP contribution in [0.3, 0.4) is 0 Å². The zero-order chi connectivity index (χ0) is 16.4. The first-order valence-electron chi connectivity index (χ1n) is 8.56. The molecule has 1 fully saturated rings. The molecule has 7 nitrogen and oxygen atoms in total. The van der Waals surface area contributed by atoms with E-state index in [9.17, 15) is 0 Å². The van der Waals surface area contributed by atoms with Crippen LogP contribution in [-0.2, 0) is 6.42 Å². The van der Waals surface area contributed by atoms with Crippen LogP contribution in [0.5, 0.6) is 0 Å². The van der Waals surface area contributed by atoms with Gasteiger partial charge in [0.05, 0.1) is 6.04 Å². The highest BCUT2D eigenvalue weighted by Crippen LogP contribution is 2.31. The lowest BCUT2D eigenvalue weighted by atomic mass is 9.95. The lowest BCUT2D eigenvalue weighted by molar-refractivity contribution is 0.129. The quantitative estimate of drug-likeness (QED) is 0.844. The van der Waals surface area contributed by atoms with Gasteiger partial charge in [-0.2, -0.15) is 4.98 Å². The van der Waals surface area contributed by atoms with E-state index in [0.717, 1.165) is 44.0 Å². The van der Waals surface area contributed by atoms with Crippen LogP contribution >= 0.6 is 0 Å². The van der Waals surface area contributed by atoms with Crippen LogP contribution in [0.2, 0.25) is 0 Å². The van der Waals surface area contributed by atoms with Gasteiger partial charge in [0.15, 0.2) is 5.82 Å². The summed E-state index contributed by atoms with van der Waals surface area (Å²) in [6.45, 7) is 10.5. The number of nitrogens with zero attached hydrogens (tertiary/aromatic N) is 6. The molecule has 2 atom stereocenters. The van der Waals surface area contributed by atoms with Crippen molar-refractivity contribution in [3.8, 4) is 0 Å². The van der Waals surface area contributed by atoms with Gasteiger partial charge in [-0.1, -0.05) is 12.1 Å². The number of aromatic nitrogens is 5. The van der Waals surface area contributed by atoms with Crippen LogP contribution in [0.15, 0.2) is 10.9 Å². The second kappa shape index (κ2) is 6.78. The largest absolute Gasteiger partial charge is 0.338 e. The van der Waals surface area contributed by atoms with Gasteiger partial charge in [0.2, 0.25) is 5.89 Å². The first-order valence-corrected chi connectivity index (χ1v) is 8.56. The maximum absolute atomic E-state index is 5.42. The molecule has 126 valence electrons. The molecule has 1 aliphatic rings. The maximum Gasteiger partial charge on any atom is 0.243 e. The normalized spacial score (nSPS) is 21.0. The molecule has 0 bridgehead atoms. The molecule has 2 unspecified atom stereocenters. The van der Waals surface area contributed by atoms with Crippen LogP contribution in [0.1, 0.15) is 76.1 Å². The Labute approximate surface area is 137 Å². The number of piperidine rings is 1. The SMILES string of the molecule is CCc1noc(C(C)N2CCCC(c3nncn3C(C)C)C2)n1. The summed E-state index contributed by atoms with van der Waals surface area (Å²) in [5.74, 6) is 2.99. The third-order valence-corrected chi connectivity index (χ3v) is 4.68. The monoisotopic (exact) mass is 318 g/mol. The second-order valence-electron chi connectivity index (χ2n) is 6.60. The molecular formula is C16H26N6O. The van der Waals surface area contributed by atoms with E-state index in [2.05, 4.69) is 50.6 Å². The van der Waals surface area contributed by atoms with Gasteiger partial charge in [-0.3, -0.25) is 4.90 Å². The molecule has 23 heavy (non-hydrogen) atoms. The Morgan fingerprint density at radius 2 is 2.17 bits per heavy atom. The van der Waals surface area contributed by atoms with Gasteiger partial charge in [0, 0.05) is 24.9 Å². The Morgan fingerprint density at radius 1 is 1.35 bits per heavy atom. The van der Waals surface area contributed by atoms with Crippen molar-refractivity contribution in [2.75, 3.05) is 13.1 Å². The zero-order valence-corrected chi connectivity index (χ0v) is 14.4. The van der Waals surface area contributed by atoms with Crippen molar-refractivity contribution in [3.63, 3.8) is 0 Å². The Bertz CT molecular complexity index is 634. The van der Waals surface area contributed by atoms with Gasteiger partial charge < -0.3 is 9.09 Å². The highest BCUT2D eigenvalue weighted by molar-refractivity contribution is 5.03. The minimum absolute atomic E-state index is 0.140. The Kier molecular flexibility index (Phi) is 4.75. The number of likely N-dealkylation sites (tertiary alicyclic amines) is 1. The third kappa shape index (κ3) is 3.29. The molecule has 0 aromatic carbocycles. The minimum atomic E-state index is 0.140. The molecule has 0 spiro atoms. The summed E-state index contributed by atoms with van der Waals surface area (Å²) >= 11 is 0. The van der Waals surface area contributed by atoms with E-state index in [-0.39, 0.29) is 6.04 Å². The van der Waals surface area contributed by atoms with Crippen molar-refractivity contribution >= 4 is 0 Å². The predicted molar refractivity (Wildman–Crippen MR) is 86.0 cm³/mol. The van der Waals surface area contributed by atoms with Gasteiger partial charge in [0.1, 0.15) is 12.2 Å². The first-order chi connectivity index (χ1) is 11.1. The Balaban J connectivity index is 1.74. The average Bonchev–Trinajstić information content (AvgIpc) is 3.23. The summed E-state index contributed by atoms with van der Waals surface area (Å²) in [5.41, 5.74) is 0. The molecule has 3 rings (SSSR count). The van der Waals surface area contributed by atoms with Crippen LogP contribution in [0, 0.1) is 0 Å². The smallest absolute Gasteiger partial charge is 0.243 e. The zero-order valence-electron chi connectivity index (χ0n) is 14.4. The molecule has 0 aliphatic carbocycles. The lowest BCUT2D eigenvalue weighted by Crippen LogP contribution is -2.37. The van der Waals surface area contributed by atoms with Crippen molar-refractivity contribution in [2.24, 2.45) is 0 Å². The molecule has 2 aromatic rings. The van der Waals surface area contributed by atoms with Crippen molar-refractivity contribution in [1.82, 2.24) is 29.8 Å². The predicted octanol–water partition coefficient (Wildman–Crippen LogP) is 2.75. The van der Waals surface area contributed by atoms with Gasteiger partial charge in [-0.25, -0.2) is 0 Å². The minimum Gasteiger partial charge on any atom is -0.338 e. The molecule has 0 amide bonds. The fourth-order valence-electron chi connectivity index (χ4n) is 3.25. The fourth-order valence-corrected chi connectivity index (χ4v) is 3.25. The number of hydrogen-bond donors (Lipinski definition) is 0. The van der Waals surface area contributed by atoms with E-state index in [1.54, 1.807) is 0 Å². The summed E-state index contributed by atoms with van der Waals surface area (Å²) in [4.78, 5) is 6.90. The fraction of sp³-hybridized carbons (Fsp3) is 0.750. The molecule has 3 heterocycles. The van der Waals surface area contributed by atoms with Gasteiger partial charge in [-0.05, 0) is 40.2 Å². The van der Waals surface area contributed by atoms with E-state index in [0.29, 0.717) is 17.9 Å². The lowest BCUT2D eigenvalue weighted by Gasteiger charge is -2.35. The van der Waals surface area contributed by atoms with Crippen LogP contribution in [0.4, 0.5) is 0 Å². The highest BCUT2D eigenvalue weighted by atomic mass is 16.5. The first kappa shape index (κ1) is 16.1. The standard InChI is InChI=1S/C16H26N6O/c1-5-14-18-16(23-20-14)12(4)21-8-6-7-13(9-21)15-19-17-10-22(15)11(2)3/h10-13H,5-9H2,1-4H3. The summed E-state index contributed by atoms with van der Waals surface area (Å²) < 4.78 is 7.60. The van der Waals surface area contributed by atoms with E-state index >= 15 is 0 Å². The van der Waals surface area contributed by atoms with E-state index in [4.69, 9.17) is 4.52 Å². The van der Waals surface area contributed by atoms with E-state index in [1.165, 1.54) is 0 Å². The topological polar surface area (TPSA) is 72.9 Å². The highest BCUT2D eigenvalue weighted by Gasteiger charge is 2.30. The number of aryl methyl sites for hydroxylation is 1. The van der Waals surface area contributed by atoms with Crippen LogP contribution < -0.4 is 0 Å². The van der Waals surface area contributed by atoms with Crippen molar-refractivity contribution in [3.05, 3.63) is 23.9 Å². The molecule has 2 aromatic heterocycles. The summed E-state index contributed by atoms with van der Waals surface area (Å²) in [6, 6.07) is 0.525. The maximum atomic E-state index is 5.42. The Hall–Kier alpha value is -1.76. The molecule has 0 saturated carbocycles. The van der Waals surface area contributed by atoms with Crippen molar-refractivity contribution in [2.45, 2.75) is 65.0 Å². The number of hydrogen-bond acceptors (Lipinski definition) is 6. The molecule has 1 saturated heterocycles. The van der Waals surface area contributed by atoms with Crippen molar-refractivity contribution in [1.29, 1.82) is 0 Å². The molecule has 7 heteroatoms. The molecule has 1 aliphatic heterocycles. The summed E-state index contributed by atoms with van der Waals surface area (Å²) in [7, 11) is 0. The van der Waals surface area contributed by atoms with Crippen molar-refractivity contribution < 1.29 is 4.52 Å². The second-order valence-corrected chi connectivity index (χ2v) is 6.60. The third-order valence-electron chi connectivity index (χ3n) is 4.68. The number of rotatable bonds is 5. The van der Waals surface area contributed by atoms with Crippen LogP contribution in [0.25, 0.3) is 0 Å². The van der Waals surface area contributed by atoms with Gasteiger partial charge in [-0.15, -0.1) is 10.2 Å². The molecule has 0 N–H and O–H groups in total. The summed E-state index contributed by atoms with van der Waals surface area (Å²) in [5, 5.41) is 12.5. The van der Waals surface area contributed by atoms with Gasteiger partial charge in [0.25, 0.3) is 0 Å².